The lowest BCUT2D eigenvalue weighted by Gasteiger charge is -2.26. The normalized spacial score (nSPS) is 25.1. The smallest absolute Gasteiger partial charge is 0.330 e. The van der Waals surface area contributed by atoms with Gasteiger partial charge in [0.05, 0.1) is 24.2 Å². The molecule has 0 amide bonds. The molecule has 2 aromatic rings. The molecule has 2 aliphatic rings. The number of aliphatic hydroxyl groups excluding tert-OH is 2. The fraction of sp³-hybridized carbons (Fsp3) is 0.368. The fourth-order valence-electron chi connectivity index (χ4n) is 3.89. The molecule has 12 heteroatoms. The molecular weight excluding hydrogens is 410 g/mol. The van der Waals surface area contributed by atoms with Gasteiger partial charge in [0.15, 0.2) is 0 Å². The van der Waals surface area contributed by atoms with Crippen molar-refractivity contribution in [2.24, 2.45) is 5.73 Å². The second kappa shape index (κ2) is 7.55. The van der Waals surface area contributed by atoms with Crippen LogP contribution in [-0.2, 0) is 4.74 Å². The maximum atomic E-state index is 12.7. The van der Waals surface area contributed by atoms with Gasteiger partial charge in [-0.05, 0) is 6.92 Å². The van der Waals surface area contributed by atoms with Gasteiger partial charge in [-0.2, -0.15) is 5.26 Å². The molecule has 4 rings (SSSR count). The largest absolute Gasteiger partial charge is 0.440 e. The van der Waals surface area contributed by atoms with Gasteiger partial charge in [0.25, 0.3) is 11.1 Å². The molecule has 2 aromatic heterocycles. The highest BCUT2D eigenvalue weighted by molar-refractivity contribution is 5.54. The number of fused-ring (bicyclic) bond motifs is 1. The summed E-state index contributed by atoms with van der Waals surface area (Å²) >= 11 is 0. The Hall–Kier alpha value is -3.66. The summed E-state index contributed by atoms with van der Waals surface area (Å²) in [7, 11) is 0. The number of nitrogens with zero attached hydrogens (tertiary/aromatic N) is 2. The number of aryl methyl sites for hydroxylation is 1. The minimum atomic E-state index is -1.20. The molecule has 0 spiro atoms. The predicted octanol–water partition coefficient (Wildman–Crippen LogP) is -1.61. The molecule has 0 saturated carbocycles. The lowest BCUT2D eigenvalue weighted by Crippen LogP contribution is -2.37. The number of ether oxygens (including phenoxy) is 2. The van der Waals surface area contributed by atoms with E-state index in [2.05, 4.69) is 9.97 Å². The Kier molecular flexibility index (Phi) is 5.02. The van der Waals surface area contributed by atoms with Crippen LogP contribution in [0.15, 0.2) is 38.1 Å². The average molecular weight is 429 g/mol. The van der Waals surface area contributed by atoms with Crippen LogP contribution in [-0.4, -0.2) is 43.6 Å². The number of nitrogens with one attached hydrogen (secondary N) is 2. The second-order valence-corrected chi connectivity index (χ2v) is 7.35. The van der Waals surface area contributed by atoms with Gasteiger partial charge in [0.1, 0.15) is 29.7 Å². The number of allylic oxidation sites excluding steroid dienone is 1. The first-order valence-electron chi connectivity index (χ1n) is 9.36. The second-order valence-electron chi connectivity index (χ2n) is 7.35. The summed E-state index contributed by atoms with van der Waals surface area (Å²) in [6.07, 6.45) is -1.73. The molecule has 2 aliphatic heterocycles. The highest BCUT2D eigenvalue weighted by Gasteiger charge is 2.38. The van der Waals surface area contributed by atoms with E-state index in [-0.39, 0.29) is 34.8 Å². The Labute approximate surface area is 173 Å². The van der Waals surface area contributed by atoms with Crippen molar-refractivity contribution in [2.75, 3.05) is 6.61 Å². The molecule has 12 nitrogen and oxygen atoms in total. The summed E-state index contributed by atoms with van der Waals surface area (Å²) in [6, 6.07) is 3.38. The van der Waals surface area contributed by atoms with E-state index in [1.54, 1.807) is 6.92 Å². The van der Waals surface area contributed by atoms with Crippen molar-refractivity contribution in [1.82, 2.24) is 14.5 Å². The van der Waals surface area contributed by atoms with Gasteiger partial charge in [-0.25, -0.2) is 4.79 Å². The third-order valence-electron chi connectivity index (χ3n) is 5.35. The van der Waals surface area contributed by atoms with Crippen LogP contribution in [0.25, 0.3) is 0 Å². The fourth-order valence-corrected chi connectivity index (χ4v) is 3.89. The van der Waals surface area contributed by atoms with Crippen LogP contribution in [0.4, 0.5) is 0 Å². The van der Waals surface area contributed by atoms with Gasteiger partial charge in [0.2, 0.25) is 5.88 Å². The topological polar surface area (TPSA) is 196 Å². The molecule has 1 saturated heterocycles. The monoisotopic (exact) mass is 429 g/mol. The quantitative estimate of drug-likeness (QED) is 0.381. The highest BCUT2D eigenvalue weighted by Crippen LogP contribution is 2.39. The molecule has 1 fully saturated rings. The lowest BCUT2D eigenvalue weighted by molar-refractivity contribution is -0.0460. The van der Waals surface area contributed by atoms with E-state index in [4.69, 9.17) is 15.2 Å². The number of aromatic nitrogens is 3. The summed E-state index contributed by atoms with van der Waals surface area (Å²) in [5.74, 6) is -1.38. The molecule has 0 bridgehead atoms. The van der Waals surface area contributed by atoms with Crippen molar-refractivity contribution in [3.05, 3.63) is 71.7 Å². The number of nitrogens with two attached hydrogens (primary N) is 1. The molecule has 4 heterocycles. The van der Waals surface area contributed by atoms with Gasteiger partial charge in [-0.1, -0.05) is 0 Å². The van der Waals surface area contributed by atoms with Crippen molar-refractivity contribution < 1.29 is 19.7 Å². The van der Waals surface area contributed by atoms with Gasteiger partial charge in [-0.3, -0.25) is 19.1 Å². The zero-order chi connectivity index (χ0) is 22.4. The van der Waals surface area contributed by atoms with Crippen LogP contribution in [0.3, 0.4) is 0 Å². The number of nitriles is 1. The molecular formula is C19H19N5O7. The Morgan fingerprint density at radius 3 is 2.71 bits per heavy atom. The van der Waals surface area contributed by atoms with Crippen LogP contribution < -0.4 is 27.3 Å². The average Bonchev–Trinajstić information content (AvgIpc) is 3.07. The Morgan fingerprint density at radius 1 is 1.32 bits per heavy atom. The molecule has 1 unspecified atom stereocenters. The van der Waals surface area contributed by atoms with E-state index in [1.165, 1.54) is 12.3 Å². The summed E-state index contributed by atoms with van der Waals surface area (Å²) in [6.45, 7) is 1.18. The van der Waals surface area contributed by atoms with E-state index < -0.39 is 47.8 Å². The number of pyridine rings is 1. The zero-order valence-corrected chi connectivity index (χ0v) is 16.3. The maximum Gasteiger partial charge on any atom is 0.330 e. The van der Waals surface area contributed by atoms with Gasteiger partial charge in [-0.15, -0.1) is 0 Å². The molecule has 0 aliphatic carbocycles. The molecule has 0 aromatic carbocycles. The number of H-pyrrole nitrogens is 2. The van der Waals surface area contributed by atoms with E-state index in [1.807, 2.05) is 6.07 Å². The summed E-state index contributed by atoms with van der Waals surface area (Å²) < 4.78 is 12.0. The number of rotatable bonds is 3. The third kappa shape index (κ3) is 3.34. The van der Waals surface area contributed by atoms with Crippen molar-refractivity contribution in [3.63, 3.8) is 0 Å². The van der Waals surface area contributed by atoms with E-state index in [0.717, 1.165) is 4.57 Å². The van der Waals surface area contributed by atoms with Crippen molar-refractivity contribution >= 4 is 0 Å². The molecule has 6 N–H and O–H groups in total. The summed E-state index contributed by atoms with van der Waals surface area (Å²) in [5, 5.41) is 28.9. The number of hydrogen-bond acceptors (Lipinski definition) is 9. The lowest BCUT2D eigenvalue weighted by atomic mass is 9.85. The maximum absolute atomic E-state index is 12.7. The first kappa shape index (κ1) is 20.6. The van der Waals surface area contributed by atoms with Gasteiger partial charge >= 0.3 is 5.69 Å². The minimum Gasteiger partial charge on any atom is -0.440 e. The molecule has 0 radical (unpaired) electrons. The predicted molar refractivity (Wildman–Crippen MR) is 104 cm³/mol. The van der Waals surface area contributed by atoms with Crippen molar-refractivity contribution in [3.8, 4) is 11.8 Å². The van der Waals surface area contributed by atoms with Crippen LogP contribution in [0, 0.1) is 18.3 Å². The SMILES string of the molecule is Cc1cc2c(c(=O)[nH]1)C(c1cn([C@H]3C[C@H](O)[C@@H](CO)O3)c(=O)[nH]c1=O)C(C#N)=C(N)O2. The van der Waals surface area contributed by atoms with E-state index >= 15 is 0 Å². The standard InChI is InChI=1S/C19H19N5O7/c1-7-2-11-15(18(28)22-7)14(8(4-20)16(21)31-11)9-5-24(19(29)23-17(9)27)13-3-10(26)12(6-25)30-13/h2,5,10,12-14,25-26H,3,6,21H2,1H3,(H,22,28)(H,23,27,29)/t10-,12+,13+,14?/m0/s1. The highest BCUT2D eigenvalue weighted by atomic mass is 16.5. The Morgan fingerprint density at radius 2 is 2.06 bits per heavy atom. The minimum absolute atomic E-state index is 0.00680. The first-order chi connectivity index (χ1) is 14.7. The molecule has 4 atom stereocenters. The van der Waals surface area contributed by atoms with Crippen LogP contribution in [0.1, 0.15) is 35.4 Å². The van der Waals surface area contributed by atoms with Crippen LogP contribution in [0.2, 0.25) is 0 Å². The molecule has 162 valence electrons. The zero-order valence-electron chi connectivity index (χ0n) is 16.3. The summed E-state index contributed by atoms with van der Waals surface area (Å²) in [5.41, 5.74) is 3.87. The number of aliphatic hydroxyl groups is 2. The summed E-state index contributed by atoms with van der Waals surface area (Å²) in [4.78, 5) is 42.6. The van der Waals surface area contributed by atoms with Gasteiger partial charge in [0, 0.05) is 29.9 Å². The van der Waals surface area contributed by atoms with Crippen LogP contribution in [0.5, 0.6) is 5.75 Å². The third-order valence-corrected chi connectivity index (χ3v) is 5.35. The van der Waals surface area contributed by atoms with E-state index in [9.17, 15) is 29.9 Å². The first-order valence-corrected chi connectivity index (χ1v) is 9.36. The van der Waals surface area contributed by atoms with Crippen molar-refractivity contribution in [1.29, 1.82) is 5.26 Å². The Balaban J connectivity index is 1.92. The van der Waals surface area contributed by atoms with E-state index in [0.29, 0.717) is 5.69 Å². The Bertz CT molecular complexity index is 1300. The number of aromatic amines is 2. The molecule has 31 heavy (non-hydrogen) atoms. The number of hydrogen-bond donors (Lipinski definition) is 5. The van der Waals surface area contributed by atoms with Gasteiger partial charge < -0.3 is 30.4 Å². The van der Waals surface area contributed by atoms with Crippen molar-refractivity contribution in [2.45, 2.75) is 37.7 Å². The van der Waals surface area contributed by atoms with Crippen LogP contribution >= 0.6 is 0 Å².